The monoisotopic (exact) mass is 346 g/mol. The molecule has 1 aliphatic heterocycles. The molecule has 107 valence electrons. The van der Waals surface area contributed by atoms with E-state index in [1.54, 1.807) is 0 Å². The minimum atomic E-state index is -1.20. The van der Waals surface area contributed by atoms with Gasteiger partial charge in [-0.2, -0.15) is 0 Å². The Balaban J connectivity index is 2.07. The Morgan fingerprint density at radius 1 is 1.35 bits per heavy atom. The normalized spacial score (nSPS) is 30.1. The Morgan fingerprint density at radius 3 is 2.75 bits per heavy atom. The molecule has 0 unspecified atom stereocenters. The predicted molar refractivity (Wildman–Crippen MR) is 68.1 cm³/mol. The van der Waals surface area contributed by atoms with Gasteiger partial charge in [-0.05, 0) is 0 Å². The fourth-order valence-corrected chi connectivity index (χ4v) is 2.70. The predicted octanol–water partition coefficient (Wildman–Crippen LogP) is -3.19. The van der Waals surface area contributed by atoms with Crippen molar-refractivity contribution in [1.29, 1.82) is 0 Å². The Morgan fingerprint density at radius 2 is 2.10 bits per heavy atom. The van der Waals surface area contributed by atoms with E-state index >= 15 is 0 Å². The van der Waals surface area contributed by atoms with E-state index in [0.717, 1.165) is 0 Å². The number of aromatic nitrogens is 4. The molecule has 1 saturated heterocycles. The molecule has 3 rings (SSSR count). The summed E-state index contributed by atoms with van der Waals surface area (Å²) in [5, 5.41) is 28.9. The summed E-state index contributed by atoms with van der Waals surface area (Å²) >= 11 is 2.73. The third kappa shape index (κ3) is 1.97. The van der Waals surface area contributed by atoms with Gasteiger partial charge in [-0.15, -0.1) is 0 Å². The maximum atomic E-state index is 10.0. The quantitative estimate of drug-likeness (QED) is 0.418. The van der Waals surface area contributed by atoms with Crippen LogP contribution in [0.2, 0.25) is 0 Å². The third-order valence-electron chi connectivity index (χ3n) is 3.20. The topological polar surface area (TPSA) is 140 Å². The third-order valence-corrected chi connectivity index (χ3v) is 3.80. The van der Waals surface area contributed by atoms with E-state index in [1.807, 2.05) is 0 Å². The number of imidazole rings is 1. The van der Waals surface area contributed by atoms with Crippen molar-refractivity contribution in [3.8, 4) is 0 Å². The van der Waals surface area contributed by atoms with Crippen LogP contribution in [0.5, 0.6) is 0 Å². The van der Waals surface area contributed by atoms with E-state index in [1.165, 1.54) is 10.9 Å². The van der Waals surface area contributed by atoms with Gasteiger partial charge in [-0.3, -0.25) is 0 Å². The summed E-state index contributed by atoms with van der Waals surface area (Å²) in [6, 6.07) is 0. The van der Waals surface area contributed by atoms with Crippen molar-refractivity contribution in [3.05, 3.63) is 6.33 Å². The molecule has 9 nitrogen and oxygen atoms in total. The summed E-state index contributed by atoms with van der Waals surface area (Å²) in [7, 11) is 0. The molecular formula is C10H12N5O4Se. The molecule has 0 bridgehead atoms. The molecule has 1 fully saturated rings. The molecule has 0 spiro atoms. The molecule has 4 atom stereocenters. The molecule has 20 heavy (non-hydrogen) atoms. The molecular weight excluding hydrogens is 333 g/mol. The van der Waals surface area contributed by atoms with Crippen LogP contribution in [0.4, 0.5) is 5.95 Å². The second-order valence-electron chi connectivity index (χ2n) is 4.44. The number of fused-ring (bicyclic) bond motifs is 1. The average molecular weight is 345 g/mol. The molecule has 1 aliphatic rings. The molecule has 10 heteroatoms. The van der Waals surface area contributed by atoms with Gasteiger partial charge in [0, 0.05) is 0 Å². The van der Waals surface area contributed by atoms with Crippen LogP contribution in [0.3, 0.4) is 0 Å². The van der Waals surface area contributed by atoms with Crippen LogP contribution >= 0.6 is 0 Å². The number of rotatable bonds is 2. The molecule has 0 aromatic carbocycles. The maximum absolute atomic E-state index is 10.0. The van der Waals surface area contributed by atoms with Gasteiger partial charge < -0.3 is 0 Å². The molecule has 2 aromatic heterocycles. The van der Waals surface area contributed by atoms with E-state index in [-0.39, 0.29) is 5.95 Å². The van der Waals surface area contributed by atoms with Gasteiger partial charge >= 0.3 is 121 Å². The van der Waals surface area contributed by atoms with Crippen molar-refractivity contribution < 1.29 is 20.1 Å². The van der Waals surface area contributed by atoms with Crippen LogP contribution in [0, 0.1) is 0 Å². The molecule has 5 N–H and O–H groups in total. The zero-order valence-corrected chi connectivity index (χ0v) is 11.8. The van der Waals surface area contributed by atoms with Gasteiger partial charge in [-0.1, -0.05) is 0 Å². The van der Waals surface area contributed by atoms with Crippen molar-refractivity contribution in [1.82, 2.24) is 19.5 Å². The van der Waals surface area contributed by atoms with Crippen LogP contribution < -0.4 is 10.3 Å². The molecule has 3 heterocycles. The Bertz CT molecular complexity index is 650. The minimum absolute atomic E-state index is 0.0553. The number of nitrogens with zero attached hydrogens (tertiary/aromatic N) is 4. The summed E-state index contributed by atoms with van der Waals surface area (Å²) in [6.07, 6.45) is -2.74. The molecule has 1 radical (unpaired) electrons. The first-order chi connectivity index (χ1) is 9.52. The summed E-state index contributed by atoms with van der Waals surface area (Å²) in [6.45, 7) is -0.398. The van der Waals surface area contributed by atoms with Gasteiger partial charge in [0.15, 0.2) is 0 Å². The Hall–Kier alpha value is -1.29. The molecule has 0 aliphatic carbocycles. The number of hydrogen-bond donors (Lipinski definition) is 4. The number of aliphatic hydroxyl groups is 3. The van der Waals surface area contributed by atoms with Crippen molar-refractivity contribution in [3.63, 3.8) is 0 Å². The summed E-state index contributed by atoms with van der Waals surface area (Å²) in [5.74, 6) is 0.0553. The Kier molecular flexibility index (Phi) is 3.36. The first kappa shape index (κ1) is 13.7. The first-order valence-corrected chi connectivity index (χ1v) is 6.68. The SMILES string of the molecule is Nc1nc([Se])c2ncn([C@@H]3O[C@H](CO)[C@@H](O)[C@H]3O)c2n1. The van der Waals surface area contributed by atoms with Crippen LogP contribution in [-0.4, -0.2) is 75.8 Å². The van der Waals surface area contributed by atoms with E-state index < -0.39 is 31.1 Å². The number of hydrogen-bond acceptors (Lipinski definition) is 8. The van der Waals surface area contributed by atoms with Crippen LogP contribution in [0.25, 0.3) is 11.2 Å². The summed E-state index contributed by atoms with van der Waals surface area (Å²) < 4.78 is 7.37. The number of nitrogen functional groups attached to an aromatic ring is 1. The number of ether oxygens (including phenoxy) is 1. The second-order valence-corrected chi connectivity index (χ2v) is 5.25. The summed E-state index contributed by atoms with van der Waals surface area (Å²) in [4.78, 5) is 12.1. The van der Waals surface area contributed by atoms with E-state index in [9.17, 15) is 10.2 Å². The van der Waals surface area contributed by atoms with Crippen molar-refractivity contribution in [2.24, 2.45) is 0 Å². The van der Waals surface area contributed by atoms with Gasteiger partial charge in [0.2, 0.25) is 0 Å². The van der Waals surface area contributed by atoms with Gasteiger partial charge in [-0.25, -0.2) is 0 Å². The number of anilines is 1. The zero-order chi connectivity index (χ0) is 14.4. The fourth-order valence-electron chi connectivity index (χ4n) is 2.20. The van der Waals surface area contributed by atoms with Gasteiger partial charge in [0.05, 0.1) is 0 Å². The molecule has 2 aromatic rings. The van der Waals surface area contributed by atoms with E-state index in [4.69, 9.17) is 15.6 Å². The van der Waals surface area contributed by atoms with Crippen molar-refractivity contribution in [2.45, 2.75) is 24.5 Å². The van der Waals surface area contributed by atoms with Gasteiger partial charge in [0.1, 0.15) is 0 Å². The van der Waals surface area contributed by atoms with Crippen LogP contribution in [-0.2, 0) is 4.74 Å². The molecule has 0 amide bonds. The van der Waals surface area contributed by atoms with Crippen LogP contribution in [0.1, 0.15) is 6.23 Å². The average Bonchev–Trinajstić information content (AvgIpc) is 2.93. The van der Waals surface area contributed by atoms with Crippen LogP contribution in [0.15, 0.2) is 6.33 Å². The first-order valence-electron chi connectivity index (χ1n) is 5.82. The second kappa shape index (κ2) is 4.92. The van der Waals surface area contributed by atoms with Crippen molar-refractivity contribution in [2.75, 3.05) is 12.3 Å². The fraction of sp³-hybridized carbons (Fsp3) is 0.500. The Labute approximate surface area is 121 Å². The van der Waals surface area contributed by atoms with E-state index in [0.29, 0.717) is 15.8 Å². The molecule has 0 saturated carbocycles. The van der Waals surface area contributed by atoms with Gasteiger partial charge in [0.25, 0.3) is 0 Å². The number of aliphatic hydroxyl groups excluding tert-OH is 3. The van der Waals surface area contributed by atoms with E-state index in [2.05, 4.69) is 31.0 Å². The van der Waals surface area contributed by atoms with Crippen molar-refractivity contribution >= 4 is 37.7 Å². The summed E-state index contributed by atoms with van der Waals surface area (Å²) in [5.41, 5.74) is 6.45. The number of nitrogens with two attached hydrogens (primary N) is 1. The standard InChI is InChI=1S/C10H12N5O4Se/c11-10-13-7-4(8(20)14-10)12-2-15(7)9-6(18)5(17)3(1-16)19-9/h2-3,5-6,9,16-18H,1H2,(H2,11,13,14)/t3-,5-,6-,9-/m1/s1. The zero-order valence-electron chi connectivity index (χ0n) is 10.1.